The summed E-state index contributed by atoms with van der Waals surface area (Å²) in [4.78, 5) is 17.0. The monoisotopic (exact) mass is 410 g/mol. The number of nitrogens with zero attached hydrogens (tertiary/aromatic N) is 2. The molecule has 0 fully saturated rings. The largest absolute Gasteiger partial charge is 0.496 e. The highest BCUT2D eigenvalue weighted by atomic mass is 16.6. The van der Waals surface area contributed by atoms with Crippen LogP contribution in [0.4, 0.5) is 10.5 Å². The minimum atomic E-state index is -0.452. The fraction of sp³-hybridized carbons (Fsp3) is 0.273. The SMILES string of the molecule is C#CCON=C(C)c1ccc(OCc2c(NC(=O)N(C)N)cccc2OC)c(C)c1. The molecule has 0 aliphatic heterocycles. The fourth-order valence-electron chi connectivity index (χ4n) is 2.63. The summed E-state index contributed by atoms with van der Waals surface area (Å²) in [5.74, 6) is 9.14. The van der Waals surface area contributed by atoms with E-state index in [2.05, 4.69) is 16.4 Å². The lowest BCUT2D eigenvalue weighted by Crippen LogP contribution is -2.37. The summed E-state index contributed by atoms with van der Waals surface area (Å²) < 4.78 is 11.4. The molecule has 0 heterocycles. The first kappa shape index (κ1) is 22.6. The van der Waals surface area contributed by atoms with Crippen molar-refractivity contribution in [3.8, 4) is 23.8 Å². The third-order valence-electron chi connectivity index (χ3n) is 4.23. The van der Waals surface area contributed by atoms with E-state index in [1.165, 1.54) is 7.05 Å². The number of ether oxygens (including phenoxy) is 2. The summed E-state index contributed by atoms with van der Waals surface area (Å²) in [6.45, 7) is 4.08. The van der Waals surface area contributed by atoms with Gasteiger partial charge in [0.15, 0.2) is 6.61 Å². The molecule has 0 aromatic heterocycles. The van der Waals surface area contributed by atoms with E-state index >= 15 is 0 Å². The number of hydrogen-bond acceptors (Lipinski definition) is 6. The second-order valence-corrected chi connectivity index (χ2v) is 6.45. The van der Waals surface area contributed by atoms with Gasteiger partial charge in [-0.2, -0.15) is 0 Å². The van der Waals surface area contributed by atoms with Crippen LogP contribution in [0.15, 0.2) is 41.6 Å². The lowest BCUT2D eigenvalue weighted by atomic mass is 10.1. The molecule has 0 aliphatic rings. The first-order valence-corrected chi connectivity index (χ1v) is 9.16. The second-order valence-electron chi connectivity index (χ2n) is 6.45. The minimum absolute atomic E-state index is 0.120. The normalized spacial score (nSPS) is 10.7. The van der Waals surface area contributed by atoms with Gasteiger partial charge in [0, 0.05) is 7.05 Å². The first-order chi connectivity index (χ1) is 14.4. The van der Waals surface area contributed by atoms with Crippen molar-refractivity contribution >= 4 is 17.4 Å². The molecule has 8 nitrogen and oxygen atoms in total. The van der Waals surface area contributed by atoms with Crippen LogP contribution in [0.25, 0.3) is 0 Å². The van der Waals surface area contributed by atoms with Gasteiger partial charge >= 0.3 is 6.03 Å². The number of hydrogen-bond donors (Lipinski definition) is 2. The molecule has 2 aromatic rings. The van der Waals surface area contributed by atoms with Gasteiger partial charge in [0.2, 0.25) is 0 Å². The van der Waals surface area contributed by atoms with Crippen LogP contribution in [0.5, 0.6) is 11.5 Å². The van der Waals surface area contributed by atoms with Crippen LogP contribution in [-0.4, -0.2) is 37.5 Å². The van der Waals surface area contributed by atoms with Gasteiger partial charge in [0.25, 0.3) is 0 Å². The summed E-state index contributed by atoms with van der Waals surface area (Å²) in [5.41, 5.74) is 3.77. The molecular formula is C22H26N4O4. The summed E-state index contributed by atoms with van der Waals surface area (Å²) >= 11 is 0. The summed E-state index contributed by atoms with van der Waals surface area (Å²) in [6, 6.07) is 10.6. The van der Waals surface area contributed by atoms with E-state index < -0.39 is 6.03 Å². The number of hydrazine groups is 1. The van der Waals surface area contributed by atoms with Crippen molar-refractivity contribution in [3.63, 3.8) is 0 Å². The Morgan fingerprint density at radius 3 is 2.70 bits per heavy atom. The van der Waals surface area contributed by atoms with Crippen LogP contribution < -0.4 is 20.6 Å². The average Bonchev–Trinajstić information content (AvgIpc) is 2.73. The topological polar surface area (TPSA) is 98.4 Å². The Balaban J connectivity index is 2.20. The predicted octanol–water partition coefficient (Wildman–Crippen LogP) is 3.29. The molecule has 158 valence electrons. The molecule has 3 N–H and O–H groups in total. The van der Waals surface area contributed by atoms with Crippen LogP contribution >= 0.6 is 0 Å². The van der Waals surface area contributed by atoms with Gasteiger partial charge in [-0.05, 0) is 55.3 Å². The molecule has 0 bridgehead atoms. The van der Waals surface area contributed by atoms with Gasteiger partial charge in [-0.3, -0.25) is 5.01 Å². The Morgan fingerprint density at radius 1 is 1.30 bits per heavy atom. The van der Waals surface area contributed by atoms with Crippen LogP contribution in [0.1, 0.15) is 23.6 Å². The standard InChI is InChI=1S/C22H26N4O4/c1-6-12-30-25-16(3)17-10-11-20(15(2)13-17)29-14-18-19(24-22(27)26(4)23)8-7-9-21(18)28-5/h1,7-11,13H,12,14,23H2,2-5H3,(H,24,27). The van der Waals surface area contributed by atoms with Crippen molar-refractivity contribution in [1.82, 2.24) is 5.01 Å². The van der Waals surface area contributed by atoms with E-state index in [1.54, 1.807) is 25.3 Å². The van der Waals surface area contributed by atoms with E-state index in [0.29, 0.717) is 28.5 Å². The molecule has 0 aliphatic carbocycles. The van der Waals surface area contributed by atoms with Crippen molar-refractivity contribution in [1.29, 1.82) is 0 Å². The average molecular weight is 410 g/mol. The molecule has 2 amide bonds. The smallest absolute Gasteiger partial charge is 0.335 e. The van der Waals surface area contributed by atoms with Crippen molar-refractivity contribution in [3.05, 3.63) is 53.1 Å². The number of benzene rings is 2. The lowest BCUT2D eigenvalue weighted by molar-refractivity contribution is 0.180. The Kier molecular flexibility index (Phi) is 8.08. The van der Waals surface area contributed by atoms with Gasteiger partial charge in [-0.1, -0.05) is 17.1 Å². The van der Waals surface area contributed by atoms with E-state index in [0.717, 1.165) is 16.1 Å². The van der Waals surface area contributed by atoms with E-state index in [1.807, 2.05) is 32.0 Å². The molecule has 8 heteroatoms. The van der Waals surface area contributed by atoms with Gasteiger partial charge in [-0.15, -0.1) is 6.42 Å². The van der Waals surface area contributed by atoms with Crippen LogP contribution in [0.2, 0.25) is 0 Å². The lowest BCUT2D eigenvalue weighted by Gasteiger charge is -2.18. The molecule has 30 heavy (non-hydrogen) atoms. The summed E-state index contributed by atoms with van der Waals surface area (Å²) in [6.07, 6.45) is 5.15. The van der Waals surface area contributed by atoms with Crippen molar-refractivity contribution < 1.29 is 19.1 Å². The van der Waals surface area contributed by atoms with E-state index in [-0.39, 0.29) is 13.2 Å². The maximum atomic E-state index is 12.0. The minimum Gasteiger partial charge on any atom is -0.496 e. The van der Waals surface area contributed by atoms with Crippen molar-refractivity contribution in [2.75, 3.05) is 26.1 Å². The Morgan fingerprint density at radius 2 is 2.07 bits per heavy atom. The highest BCUT2D eigenvalue weighted by molar-refractivity contribution is 5.98. The highest BCUT2D eigenvalue weighted by Gasteiger charge is 2.14. The Hall–Kier alpha value is -3.70. The van der Waals surface area contributed by atoms with Crippen molar-refractivity contribution in [2.24, 2.45) is 11.0 Å². The van der Waals surface area contributed by atoms with Gasteiger partial charge < -0.3 is 19.6 Å². The number of oxime groups is 1. The zero-order chi connectivity index (χ0) is 22.1. The summed E-state index contributed by atoms with van der Waals surface area (Å²) in [7, 11) is 3.02. The van der Waals surface area contributed by atoms with Crippen LogP contribution in [0.3, 0.4) is 0 Å². The molecule has 0 radical (unpaired) electrons. The molecule has 0 saturated carbocycles. The second kappa shape index (κ2) is 10.7. The molecule has 0 spiro atoms. The van der Waals surface area contributed by atoms with Crippen molar-refractivity contribution in [2.45, 2.75) is 20.5 Å². The van der Waals surface area contributed by atoms with Crippen LogP contribution in [-0.2, 0) is 11.4 Å². The number of terminal acetylenes is 1. The summed E-state index contributed by atoms with van der Waals surface area (Å²) in [5, 5.41) is 7.69. The fourth-order valence-corrected chi connectivity index (χ4v) is 2.63. The van der Waals surface area contributed by atoms with Gasteiger partial charge in [0.1, 0.15) is 18.1 Å². The molecule has 2 aromatic carbocycles. The third-order valence-corrected chi connectivity index (χ3v) is 4.23. The number of nitrogens with one attached hydrogen (secondary N) is 1. The predicted molar refractivity (Wildman–Crippen MR) is 116 cm³/mol. The molecule has 0 saturated heterocycles. The number of methoxy groups -OCH3 is 1. The Bertz CT molecular complexity index is 964. The zero-order valence-electron chi connectivity index (χ0n) is 17.6. The van der Waals surface area contributed by atoms with Crippen LogP contribution in [0, 0.1) is 19.3 Å². The Labute approximate surface area is 176 Å². The number of rotatable bonds is 8. The number of carbonyl (C=O) groups is 1. The van der Waals surface area contributed by atoms with E-state index in [4.69, 9.17) is 26.6 Å². The number of aryl methyl sites for hydroxylation is 1. The van der Waals surface area contributed by atoms with Gasteiger partial charge in [-0.25, -0.2) is 10.6 Å². The highest BCUT2D eigenvalue weighted by Crippen LogP contribution is 2.29. The maximum absolute atomic E-state index is 12.0. The maximum Gasteiger partial charge on any atom is 0.335 e. The zero-order valence-corrected chi connectivity index (χ0v) is 17.6. The third kappa shape index (κ3) is 5.90. The first-order valence-electron chi connectivity index (χ1n) is 9.16. The molecular weight excluding hydrogens is 384 g/mol. The quantitative estimate of drug-likeness (QED) is 0.174. The molecule has 0 unspecified atom stereocenters. The van der Waals surface area contributed by atoms with E-state index in [9.17, 15) is 4.79 Å². The number of anilines is 1. The number of amides is 2. The molecule has 2 rings (SSSR count). The van der Waals surface area contributed by atoms with Gasteiger partial charge in [0.05, 0.1) is 24.1 Å². The number of urea groups is 1. The number of carbonyl (C=O) groups excluding carboxylic acids is 1. The molecule has 0 atom stereocenters. The number of nitrogens with two attached hydrogens (primary N) is 1.